The lowest BCUT2D eigenvalue weighted by molar-refractivity contribution is 0.0914. The number of benzene rings is 2. The highest BCUT2D eigenvalue weighted by Gasteiger charge is 2.34. The fraction of sp³-hybridized carbons (Fsp3) is 0.435. The van der Waals surface area contributed by atoms with Crippen LogP contribution in [-0.2, 0) is 6.42 Å². The van der Waals surface area contributed by atoms with E-state index in [1.807, 2.05) is 12.1 Å². The Morgan fingerprint density at radius 2 is 1.67 bits per heavy atom. The Morgan fingerprint density at radius 3 is 2.33 bits per heavy atom. The molecule has 1 saturated heterocycles. The molecule has 2 aromatic carbocycles. The van der Waals surface area contributed by atoms with Gasteiger partial charge in [-0.15, -0.1) is 0 Å². The molecule has 0 spiro atoms. The topological polar surface area (TPSA) is 38.8 Å². The van der Waals surface area contributed by atoms with Crippen molar-refractivity contribution in [3.05, 3.63) is 53.6 Å². The van der Waals surface area contributed by atoms with Gasteiger partial charge in [0.25, 0.3) is 0 Å². The number of fused-ring (bicyclic) bond motifs is 1. The van der Waals surface area contributed by atoms with Gasteiger partial charge in [-0.2, -0.15) is 0 Å². The van der Waals surface area contributed by atoms with Gasteiger partial charge in [-0.05, 0) is 61.4 Å². The van der Waals surface area contributed by atoms with Crippen LogP contribution in [0.15, 0.2) is 42.5 Å². The Labute approximate surface area is 161 Å². The molecule has 1 heterocycles. The minimum absolute atomic E-state index is 0.102. The largest absolute Gasteiger partial charge is 0.493 e. The number of rotatable bonds is 5. The molecule has 0 N–H and O–H groups in total. The Balaban J connectivity index is 1.39. The maximum atomic E-state index is 12.9. The van der Waals surface area contributed by atoms with Crippen LogP contribution < -0.4 is 14.4 Å². The quantitative estimate of drug-likeness (QED) is 0.789. The van der Waals surface area contributed by atoms with Gasteiger partial charge < -0.3 is 14.4 Å². The van der Waals surface area contributed by atoms with Crippen molar-refractivity contribution < 1.29 is 14.3 Å². The van der Waals surface area contributed by atoms with Crippen molar-refractivity contribution in [3.63, 3.8) is 0 Å². The average molecular weight is 365 g/mol. The fourth-order valence-electron chi connectivity index (χ4n) is 4.56. The summed E-state index contributed by atoms with van der Waals surface area (Å²) < 4.78 is 10.8. The minimum Gasteiger partial charge on any atom is -0.493 e. The number of anilines is 1. The van der Waals surface area contributed by atoms with Crippen molar-refractivity contribution in [2.75, 3.05) is 32.2 Å². The maximum Gasteiger partial charge on any atom is 0.166 e. The lowest BCUT2D eigenvalue weighted by Crippen LogP contribution is -2.34. The average Bonchev–Trinajstić information content (AvgIpc) is 3.02. The Kier molecular flexibility index (Phi) is 5.06. The molecule has 142 valence electrons. The van der Waals surface area contributed by atoms with E-state index in [9.17, 15) is 4.79 Å². The third kappa shape index (κ3) is 3.53. The van der Waals surface area contributed by atoms with Gasteiger partial charge in [-0.1, -0.05) is 18.2 Å². The molecule has 2 aromatic rings. The van der Waals surface area contributed by atoms with Gasteiger partial charge in [-0.25, -0.2) is 0 Å². The lowest BCUT2D eigenvalue weighted by atomic mass is 9.85. The van der Waals surface area contributed by atoms with Crippen molar-refractivity contribution in [1.82, 2.24) is 0 Å². The van der Waals surface area contributed by atoms with E-state index >= 15 is 0 Å². The number of carbonyl (C=O) groups excluding carboxylic acids is 1. The smallest absolute Gasteiger partial charge is 0.166 e. The van der Waals surface area contributed by atoms with Gasteiger partial charge in [0.2, 0.25) is 0 Å². The van der Waals surface area contributed by atoms with Crippen LogP contribution in [0.4, 0.5) is 5.69 Å². The molecule has 1 aliphatic heterocycles. The molecule has 0 unspecified atom stereocenters. The summed E-state index contributed by atoms with van der Waals surface area (Å²) in [6, 6.07) is 14.4. The zero-order valence-electron chi connectivity index (χ0n) is 16.1. The summed E-state index contributed by atoms with van der Waals surface area (Å²) in [5.74, 6) is 2.35. The molecule has 1 fully saturated rings. The molecule has 4 heteroatoms. The van der Waals surface area contributed by atoms with Crippen LogP contribution in [0.2, 0.25) is 0 Å². The molecular weight excluding hydrogens is 338 g/mol. The summed E-state index contributed by atoms with van der Waals surface area (Å²) in [5, 5.41) is 0. The first-order valence-corrected chi connectivity index (χ1v) is 9.78. The van der Waals surface area contributed by atoms with Gasteiger partial charge in [0, 0.05) is 30.3 Å². The van der Waals surface area contributed by atoms with Crippen molar-refractivity contribution in [3.8, 4) is 11.5 Å². The van der Waals surface area contributed by atoms with Crippen molar-refractivity contribution in [2.45, 2.75) is 25.7 Å². The zero-order valence-corrected chi connectivity index (χ0v) is 16.1. The lowest BCUT2D eigenvalue weighted by Gasteiger charge is -2.34. The number of nitrogens with zero attached hydrogens (tertiary/aromatic N) is 1. The number of carbonyl (C=O) groups is 1. The Bertz CT molecular complexity index is 810. The van der Waals surface area contributed by atoms with Crippen LogP contribution in [0.25, 0.3) is 0 Å². The van der Waals surface area contributed by atoms with E-state index in [0.717, 1.165) is 49.9 Å². The summed E-state index contributed by atoms with van der Waals surface area (Å²) in [4.78, 5) is 15.4. The molecule has 0 radical (unpaired) electrons. The number of methoxy groups -OCH3 is 2. The van der Waals surface area contributed by atoms with E-state index in [1.54, 1.807) is 14.2 Å². The highest BCUT2D eigenvalue weighted by atomic mass is 16.5. The number of Topliss-reactive ketones (excluding diaryl/α,β-unsaturated/α-hetero) is 1. The monoisotopic (exact) mass is 365 g/mol. The zero-order chi connectivity index (χ0) is 18.8. The molecule has 2 aliphatic rings. The molecule has 4 rings (SSSR count). The van der Waals surface area contributed by atoms with Crippen LogP contribution in [0.3, 0.4) is 0 Å². The Morgan fingerprint density at radius 1 is 1.00 bits per heavy atom. The number of ketones is 1. The first-order chi connectivity index (χ1) is 13.2. The van der Waals surface area contributed by atoms with Gasteiger partial charge in [0.15, 0.2) is 17.3 Å². The number of hydrogen-bond donors (Lipinski definition) is 0. The Hall–Kier alpha value is -2.49. The molecule has 0 saturated carbocycles. The maximum absolute atomic E-state index is 12.9. The number of ether oxygens (including phenoxy) is 2. The molecule has 1 aliphatic carbocycles. The summed E-state index contributed by atoms with van der Waals surface area (Å²) in [6.07, 6.45) is 4.12. The SMILES string of the molecule is COc1cc2c(cc1OC)C(=O)[C@@H](CC1CCN(c3ccccc3)CC1)C2. The van der Waals surface area contributed by atoms with Crippen LogP contribution in [0.1, 0.15) is 35.2 Å². The van der Waals surface area contributed by atoms with E-state index < -0.39 is 0 Å². The summed E-state index contributed by atoms with van der Waals surface area (Å²) in [7, 11) is 3.25. The highest BCUT2D eigenvalue weighted by Crippen LogP contribution is 2.39. The molecular formula is C23H27NO3. The van der Waals surface area contributed by atoms with E-state index in [-0.39, 0.29) is 11.7 Å². The third-order valence-corrected chi connectivity index (χ3v) is 6.07. The van der Waals surface area contributed by atoms with E-state index in [4.69, 9.17) is 9.47 Å². The minimum atomic E-state index is 0.102. The van der Waals surface area contributed by atoms with Gasteiger partial charge in [-0.3, -0.25) is 4.79 Å². The van der Waals surface area contributed by atoms with Crippen LogP contribution in [0, 0.1) is 11.8 Å². The molecule has 27 heavy (non-hydrogen) atoms. The second-order valence-electron chi connectivity index (χ2n) is 7.63. The van der Waals surface area contributed by atoms with E-state index in [2.05, 4.69) is 35.2 Å². The molecule has 0 aromatic heterocycles. The normalized spacial score (nSPS) is 19.9. The third-order valence-electron chi connectivity index (χ3n) is 6.07. The predicted octanol–water partition coefficient (Wildman–Crippen LogP) is 4.37. The van der Waals surface area contributed by atoms with Crippen LogP contribution in [0.5, 0.6) is 11.5 Å². The molecule has 4 nitrogen and oxygen atoms in total. The standard InChI is InChI=1S/C23H27NO3/c1-26-21-14-17-13-18(23(25)20(17)15-22(21)27-2)12-16-8-10-24(11-9-16)19-6-4-3-5-7-19/h3-7,14-16,18H,8-13H2,1-2H3/t18-/m0/s1. The number of piperidine rings is 1. The van der Waals surface area contributed by atoms with E-state index in [1.165, 1.54) is 5.69 Å². The number of hydrogen-bond acceptors (Lipinski definition) is 4. The second-order valence-corrected chi connectivity index (χ2v) is 7.63. The molecule has 0 bridgehead atoms. The summed E-state index contributed by atoms with van der Waals surface area (Å²) in [5.41, 5.74) is 3.23. The first-order valence-electron chi connectivity index (χ1n) is 9.78. The van der Waals surface area contributed by atoms with E-state index in [0.29, 0.717) is 17.4 Å². The first kappa shape index (κ1) is 17.9. The highest BCUT2D eigenvalue weighted by molar-refractivity contribution is 6.02. The second kappa shape index (κ2) is 7.63. The summed E-state index contributed by atoms with van der Waals surface area (Å²) in [6.45, 7) is 2.15. The molecule has 1 atom stereocenters. The van der Waals surface area contributed by atoms with Gasteiger partial charge in [0.05, 0.1) is 14.2 Å². The van der Waals surface area contributed by atoms with Crippen molar-refractivity contribution in [2.24, 2.45) is 11.8 Å². The van der Waals surface area contributed by atoms with Gasteiger partial charge in [0.1, 0.15) is 0 Å². The molecule has 0 amide bonds. The van der Waals surface area contributed by atoms with Crippen molar-refractivity contribution in [1.29, 1.82) is 0 Å². The predicted molar refractivity (Wildman–Crippen MR) is 107 cm³/mol. The summed E-state index contributed by atoms with van der Waals surface area (Å²) >= 11 is 0. The number of para-hydroxylation sites is 1. The fourth-order valence-corrected chi connectivity index (χ4v) is 4.56. The van der Waals surface area contributed by atoms with Crippen molar-refractivity contribution >= 4 is 11.5 Å². The van der Waals surface area contributed by atoms with Crippen LogP contribution in [-0.4, -0.2) is 33.1 Å². The van der Waals surface area contributed by atoms with Crippen LogP contribution >= 0.6 is 0 Å². The van der Waals surface area contributed by atoms with Gasteiger partial charge >= 0.3 is 0 Å².